The van der Waals surface area contributed by atoms with Crippen LogP contribution in [0.15, 0.2) is 52.3 Å². The van der Waals surface area contributed by atoms with Gasteiger partial charge in [0.1, 0.15) is 0 Å². The van der Waals surface area contributed by atoms with E-state index in [0.29, 0.717) is 0 Å². The Morgan fingerprint density at radius 2 is 1.73 bits per heavy atom. The normalized spacial score (nSPS) is 16.4. The molecule has 0 saturated carbocycles. The van der Waals surface area contributed by atoms with Crippen molar-refractivity contribution in [3.63, 3.8) is 0 Å². The Morgan fingerprint density at radius 3 is 2.30 bits per heavy atom. The molecule has 0 spiro atoms. The van der Waals surface area contributed by atoms with Crippen LogP contribution >= 0.6 is 23.7 Å². The number of benzene rings is 2. The van der Waals surface area contributed by atoms with Gasteiger partial charge < -0.3 is 10.0 Å². The minimum atomic E-state index is 0.0792. The summed E-state index contributed by atoms with van der Waals surface area (Å²) < 4.78 is 2.53. The van der Waals surface area contributed by atoms with Crippen LogP contribution in [0.1, 0.15) is 57.9 Å². The zero-order valence-electron chi connectivity index (χ0n) is 18.9. The third-order valence-electron chi connectivity index (χ3n) is 6.24. The van der Waals surface area contributed by atoms with E-state index in [1.807, 2.05) is 11.9 Å². The summed E-state index contributed by atoms with van der Waals surface area (Å²) in [6, 6.07) is 15.3. The van der Waals surface area contributed by atoms with Gasteiger partial charge in [0, 0.05) is 27.6 Å². The minimum Gasteiger partial charge on any atom is -0.392 e. The lowest BCUT2D eigenvalue weighted by Gasteiger charge is -2.42. The molecule has 0 fully saturated rings. The number of likely N-dealkylation sites (N-methyl/N-ethyl adjacent to an activating group) is 1. The molecule has 0 unspecified atom stereocenters. The third-order valence-corrected chi connectivity index (χ3v) is 8.24. The number of aliphatic hydroxyl groups is 1. The van der Waals surface area contributed by atoms with E-state index in [9.17, 15) is 5.11 Å². The maximum atomic E-state index is 9.96. The van der Waals surface area contributed by atoms with Gasteiger partial charge in [0.2, 0.25) is 0 Å². The second kappa shape index (κ2) is 10.9. The van der Waals surface area contributed by atoms with Gasteiger partial charge in [-0.1, -0.05) is 57.7 Å². The Labute approximate surface area is 191 Å². The van der Waals surface area contributed by atoms with Crippen molar-refractivity contribution in [1.29, 1.82) is 0 Å². The fraction of sp³-hybridized carbons (Fsp3) is 0.520. The molecule has 0 aromatic heterocycles. The summed E-state index contributed by atoms with van der Waals surface area (Å²) in [7, 11) is 2.27. The van der Waals surface area contributed by atoms with E-state index >= 15 is 0 Å². The van der Waals surface area contributed by atoms with Crippen molar-refractivity contribution in [1.82, 2.24) is 4.31 Å². The molecule has 1 heterocycles. The first kappa shape index (κ1) is 23.5. The molecule has 0 radical (unpaired) electrons. The first-order valence-electron chi connectivity index (χ1n) is 11.1. The van der Waals surface area contributed by atoms with Gasteiger partial charge in [-0.15, -0.1) is 11.8 Å². The van der Waals surface area contributed by atoms with Crippen molar-refractivity contribution in [2.24, 2.45) is 0 Å². The lowest BCUT2D eigenvalue weighted by Crippen LogP contribution is -2.49. The Balaban J connectivity index is 2.15. The molecular formula is C25H36N2OS2. The lowest BCUT2D eigenvalue weighted by molar-refractivity contribution is 0.199. The molecule has 164 valence electrons. The molecular weight excluding hydrogens is 408 g/mol. The molecule has 1 aliphatic rings. The van der Waals surface area contributed by atoms with Crippen molar-refractivity contribution in [2.75, 3.05) is 24.7 Å². The Morgan fingerprint density at radius 1 is 1.07 bits per heavy atom. The average molecular weight is 445 g/mol. The number of unbranched alkanes of at least 4 members (excludes halogenated alkanes) is 2. The number of thioether (sulfide) groups is 1. The zero-order chi connectivity index (χ0) is 21.6. The number of para-hydroxylation sites is 1. The maximum Gasteiger partial charge on any atom is 0.0693 e. The molecule has 1 N–H and O–H groups in total. The van der Waals surface area contributed by atoms with Gasteiger partial charge in [-0.3, -0.25) is 0 Å². The SMILES string of the molecule is CCCCC1(CCCC)CN(c2ccccc2)c2cc(SC)c(CO)cc2SN1C. The molecule has 0 aliphatic carbocycles. The quantitative estimate of drug-likeness (QED) is 0.328. The predicted octanol–water partition coefficient (Wildman–Crippen LogP) is 7.11. The van der Waals surface area contributed by atoms with Crippen LogP contribution in [-0.2, 0) is 6.61 Å². The number of nitrogens with zero attached hydrogens (tertiary/aromatic N) is 2. The summed E-state index contributed by atoms with van der Waals surface area (Å²) >= 11 is 3.57. The van der Waals surface area contributed by atoms with Gasteiger partial charge in [0.25, 0.3) is 0 Å². The molecule has 0 amide bonds. The number of aliphatic hydroxyl groups excluding tert-OH is 1. The van der Waals surface area contributed by atoms with Crippen LogP contribution in [-0.4, -0.2) is 34.8 Å². The summed E-state index contributed by atoms with van der Waals surface area (Å²) in [6.07, 6.45) is 9.42. The fourth-order valence-electron chi connectivity index (χ4n) is 4.36. The van der Waals surface area contributed by atoms with Gasteiger partial charge in [0.15, 0.2) is 0 Å². The maximum absolute atomic E-state index is 9.96. The zero-order valence-corrected chi connectivity index (χ0v) is 20.5. The highest BCUT2D eigenvalue weighted by Crippen LogP contribution is 2.48. The second-order valence-corrected chi connectivity index (χ2v) is 10.2. The van der Waals surface area contributed by atoms with Crippen molar-refractivity contribution < 1.29 is 5.11 Å². The van der Waals surface area contributed by atoms with Gasteiger partial charge in [0.05, 0.1) is 12.3 Å². The van der Waals surface area contributed by atoms with Crippen LogP contribution in [0.25, 0.3) is 0 Å². The van der Waals surface area contributed by atoms with Crippen molar-refractivity contribution >= 4 is 35.1 Å². The van der Waals surface area contributed by atoms with E-state index in [4.69, 9.17) is 0 Å². The molecule has 1 aliphatic heterocycles. The largest absolute Gasteiger partial charge is 0.392 e. The number of hydrogen-bond donors (Lipinski definition) is 1. The van der Waals surface area contributed by atoms with E-state index in [2.05, 4.69) is 78.8 Å². The molecule has 0 bridgehead atoms. The molecule has 0 atom stereocenters. The Bertz CT molecular complexity index is 804. The van der Waals surface area contributed by atoms with Crippen LogP contribution in [0.3, 0.4) is 0 Å². The molecule has 0 saturated heterocycles. The molecule has 2 aromatic rings. The summed E-state index contributed by atoms with van der Waals surface area (Å²) in [5.74, 6) is 0. The fourth-order valence-corrected chi connectivity index (χ4v) is 6.16. The summed E-state index contributed by atoms with van der Waals surface area (Å²) in [5.41, 5.74) is 3.64. The van der Waals surface area contributed by atoms with Crippen LogP contribution in [0.4, 0.5) is 11.4 Å². The van der Waals surface area contributed by atoms with Crippen LogP contribution < -0.4 is 4.90 Å². The second-order valence-electron chi connectivity index (χ2n) is 8.23. The van der Waals surface area contributed by atoms with Crippen molar-refractivity contribution in [3.05, 3.63) is 48.0 Å². The van der Waals surface area contributed by atoms with Gasteiger partial charge in [-0.05, 0) is 67.9 Å². The summed E-state index contributed by atoms with van der Waals surface area (Å²) in [4.78, 5) is 4.92. The molecule has 30 heavy (non-hydrogen) atoms. The molecule has 3 nitrogen and oxygen atoms in total. The highest BCUT2D eigenvalue weighted by atomic mass is 32.2. The van der Waals surface area contributed by atoms with E-state index in [1.165, 1.54) is 54.8 Å². The topological polar surface area (TPSA) is 26.7 Å². The predicted molar refractivity (Wildman–Crippen MR) is 133 cm³/mol. The average Bonchev–Trinajstić information content (AvgIpc) is 2.90. The third kappa shape index (κ3) is 5.01. The molecule has 3 rings (SSSR count). The van der Waals surface area contributed by atoms with Crippen molar-refractivity contribution in [3.8, 4) is 0 Å². The van der Waals surface area contributed by atoms with Crippen LogP contribution in [0.5, 0.6) is 0 Å². The number of rotatable bonds is 9. The molecule has 5 heteroatoms. The lowest BCUT2D eigenvalue weighted by atomic mass is 9.86. The van der Waals surface area contributed by atoms with Crippen LogP contribution in [0.2, 0.25) is 0 Å². The standard InChI is InChI=1S/C25H36N2OS2/c1-5-7-14-25(15-8-6-2)19-27(21-12-10-9-11-13-21)22-17-23(29-4)20(18-28)16-24(22)30-26(25)3/h9-13,16-17,28H,5-8,14-15,18-19H2,1-4H3. The van der Waals surface area contributed by atoms with Crippen LogP contribution in [0, 0.1) is 0 Å². The number of fused-ring (bicyclic) bond motifs is 1. The van der Waals surface area contributed by atoms with E-state index < -0.39 is 0 Å². The van der Waals surface area contributed by atoms with Gasteiger partial charge >= 0.3 is 0 Å². The van der Waals surface area contributed by atoms with E-state index in [-0.39, 0.29) is 12.1 Å². The summed E-state index contributed by atoms with van der Waals surface area (Å²) in [6.45, 7) is 5.65. The van der Waals surface area contributed by atoms with Crippen molar-refractivity contribution in [2.45, 2.75) is 74.3 Å². The number of hydrogen-bond acceptors (Lipinski definition) is 5. The highest BCUT2D eigenvalue weighted by Gasteiger charge is 2.40. The highest BCUT2D eigenvalue weighted by molar-refractivity contribution is 7.98. The van der Waals surface area contributed by atoms with Gasteiger partial charge in [-0.25, -0.2) is 4.31 Å². The Hall–Kier alpha value is -1.14. The van der Waals surface area contributed by atoms with Gasteiger partial charge in [-0.2, -0.15) is 0 Å². The number of anilines is 2. The van der Waals surface area contributed by atoms with E-state index in [0.717, 1.165) is 17.0 Å². The first-order chi connectivity index (χ1) is 14.6. The first-order valence-corrected chi connectivity index (χ1v) is 13.1. The Kier molecular flexibility index (Phi) is 8.58. The van der Waals surface area contributed by atoms with E-state index in [1.54, 1.807) is 11.8 Å². The smallest absolute Gasteiger partial charge is 0.0693 e. The monoisotopic (exact) mass is 444 g/mol. The molecule has 2 aromatic carbocycles. The minimum absolute atomic E-state index is 0.0792. The summed E-state index contributed by atoms with van der Waals surface area (Å²) in [5, 5.41) is 9.96.